The standard InChI is InChI=1S/C17H26N2O/c1-4-9-18-15-11-17(10-13(2)19(3)12-17)20-16-8-6-5-7-14(15)16/h5-8,13,15,18H,4,9-12H2,1-3H3. The molecule has 1 spiro atoms. The van der Waals surface area contributed by atoms with E-state index in [-0.39, 0.29) is 5.60 Å². The lowest BCUT2D eigenvalue weighted by Gasteiger charge is -2.40. The summed E-state index contributed by atoms with van der Waals surface area (Å²) in [5.74, 6) is 1.08. The normalized spacial score (nSPS) is 33.1. The second-order valence-corrected chi connectivity index (χ2v) is 6.50. The van der Waals surface area contributed by atoms with Gasteiger partial charge in [0.15, 0.2) is 0 Å². The van der Waals surface area contributed by atoms with Gasteiger partial charge in [0, 0.05) is 37.0 Å². The van der Waals surface area contributed by atoms with Crippen molar-refractivity contribution in [1.82, 2.24) is 10.2 Å². The smallest absolute Gasteiger partial charge is 0.125 e. The van der Waals surface area contributed by atoms with Crippen molar-refractivity contribution >= 4 is 0 Å². The van der Waals surface area contributed by atoms with E-state index in [2.05, 4.69) is 55.4 Å². The monoisotopic (exact) mass is 274 g/mol. The minimum absolute atomic E-state index is 0.00602. The van der Waals surface area contributed by atoms with E-state index in [4.69, 9.17) is 4.74 Å². The summed E-state index contributed by atoms with van der Waals surface area (Å²) in [5.41, 5.74) is 1.32. The van der Waals surface area contributed by atoms with E-state index in [1.165, 1.54) is 12.0 Å². The number of fused-ring (bicyclic) bond motifs is 1. The van der Waals surface area contributed by atoms with Crippen LogP contribution >= 0.6 is 0 Å². The summed E-state index contributed by atoms with van der Waals surface area (Å²) in [6.07, 6.45) is 3.38. The van der Waals surface area contributed by atoms with Crippen LogP contribution in [0.5, 0.6) is 5.75 Å². The summed E-state index contributed by atoms with van der Waals surface area (Å²) >= 11 is 0. The molecule has 0 amide bonds. The van der Waals surface area contributed by atoms with E-state index in [1.54, 1.807) is 0 Å². The van der Waals surface area contributed by atoms with Crippen LogP contribution in [0.4, 0.5) is 0 Å². The third-order valence-corrected chi connectivity index (χ3v) is 4.80. The van der Waals surface area contributed by atoms with Crippen LogP contribution in [0.3, 0.4) is 0 Å². The largest absolute Gasteiger partial charge is 0.485 e. The SMILES string of the molecule is CCCNC1CC2(CC(C)N(C)C2)Oc2ccccc21. The third kappa shape index (κ3) is 2.45. The second-order valence-electron chi connectivity index (χ2n) is 6.50. The Balaban J connectivity index is 1.88. The van der Waals surface area contributed by atoms with Crippen molar-refractivity contribution in [2.75, 3.05) is 20.1 Å². The van der Waals surface area contributed by atoms with Crippen molar-refractivity contribution in [3.8, 4) is 5.75 Å². The molecular formula is C17H26N2O. The highest BCUT2D eigenvalue weighted by molar-refractivity contribution is 5.39. The van der Waals surface area contributed by atoms with E-state index in [0.29, 0.717) is 12.1 Å². The lowest BCUT2D eigenvalue weighted by Crippen LogP contribution is -2.46. The maximum atomic E-state index is 6.45. The van der Waals surface area contributed by atoms with Crippen LogP contribution in [-0.4, -0.2) is 36.7 Å². The topological polar surface area (TPSA) is 24.5 Å². The van der Waals surface area contributed by atoms with Gasteiger partial charge in [-0.05, 0) is 33.0 Å². The van der Waals surface area contributed by atoms with Crippen molar-refractivity contribution in [3.63, 3.8) is 0 Å². The van der Waals surface area contributed by atoms with Crippen molar-refractivity contribution in [2.24, 2.45) is 0 Å². The summed E-state index contributed by atoms with van der Waals surface area (Å²) in [4.78, 5) is 2.42. The average Bonchev–Trinajstić information content (AvgIpc) is 2.70. The molecule has 0 aliphatic carbocycles. The molecule has 3 heteroatoms. The molecule has 2 aliphatic rings. The van der Waals surface area contributed by atoms with Gasteiger partial charge in [-0.3, -0.25) is 4.90 Å². The molecule has 2 heterocycles. The number of likely N-dealkylation sites (N-methyl/N-ethyl adjacent to an activating group) is 1. The number of para-hydroxylation sites is 1. The van der Waals surface area contributed by atoms with Gasteiger partial charge in [0.05, 0.1) is 0 Å². The van der Waals surface area contributed by atoms with Gasteiger partial charge in [-0.25, -0.2) is 0 Å². The summed E-state index contributed by atoms with van der Waals surface area (Å²) in [6, 6.07) is 9.56. The van der Waals surface area contributed by atoms with Crippen molar-refractivity contribution in [2.45, 2.75) is 50.8 Å². The average molecular weight is 274 g/mol. The molecule has 1 saturated heterocycles. The fourth-order valence-electron chi connectivity index (χ4n) is 3.71. The van der Waals surface area contributed by atoms with E-state index < -0.39 is 0 Å². The first-order valence-electron chi connectivity index (χ1n) is 7.85. The predicted molar refractivity (Wildman–Crippen MR) is 82.2 cm³/mol. The summed E-state index contributed by atoms with van der Waals surface area (Å²) in [7, 11) is 2.21. The number of hydrogen-bond donors (Lipinski definition) is 1. The zero-order valence-corrected chi connectivity index (χ0v) is 12.9. The summed E-state index contributed by atoms with van der Waals surface area (Å²) in [6.45, 7) is 6.62. The summed E-state index contributed by atoms with van der Waals surface area (Å²) in [5, 5.41) is 3.71. The minimum atomic E-state index is -0.00602. The van der Waals surface area contributed by atoms with E-state index in [1.807, 2.05) is 0 Å². The molecule has 1 aromatic carbocycles. The van der Waals surface area contributed by atoms with Crippen LogP contribution in [0, 0.1) is 0 Å². The molecule has 20 heavy (non-hydrogen) atoms. The molecule has 1 aromatic rings. The van der Waals surface area contributed by atoms with Gasteiger partial charge in [-0.2, -0.15) is 0 Å². The highest BCUT2D eigenvalue weighted by atomic mass is 16.5. The molecule has 0 saturated carbocycles. The number of likely N-dealkylation sites (tertiary alicyclic amines) is 1. The highest BCUT2D eigenvalue weighted by Crippen LogP contribution is 2.44. The number of ether oxygens (including phenoxy) is 1. The predicted octanol–water partition coefficient (Wildman–Crippen LogP) is 2.97. The van der Waals surface area contributed by atoms with Gasteiger partial charge in [-0.1, -0.05) is 25.1 Å². The quantitative estimate of drug-likeness (QED) is 0.917. The first kappa shape index (κ1) is 13.9. The Morgan fingerprint density at radius 3 is 2.85 bits per heavy atom. The van der Waals surface area contributed by atoms with Crippen molar-refractivity contribution < 1.29 is 4.74 Å². The van der Waals surface area contributed by atoms with Gasteiger partial charge >= 0.3 is 0 Å². The van der Waals surface area contributed by atoms with Crippen LogP contribution in [0.25, 0.3) is 0 Å². The summed E-state index contributed by atoms with van der Waals surface area (Å²) < 4.78 is 6.45. The Bertz CT molecular complexity index is 464. The van der Waals surface area contributed by atoms with Crippen molar-refractivity contribution in [3.05, 3.63) is 29.8 Å². The lowest BCUT2D eigenvalue weighted by molar-refractivity contribution is 0.0405. The second kappa shape index (κ2) is 5.38. The van der Waals surface area contributed by atoms with Gasteiger partial charge in [0.2, 0.25) is 0 Å². The Morgan fingerprint density at radius 1 is 1.35 bits per heavy atom. The molecule has 3 unspecified atom stereocenters. The Kier molecular flexibility index (Phi) is 3.74. The third-order valence-electron chi connectivity index (χ3n) is 4.80. The molecule has 3 rings (SSSR count). The molecule has 110 valence electrons. The molecule has 2 aliphatic heterocycles. The molecule has 0 bridgehead atoms. The zero-order chi connectivity index (χ0) is 14.2. The van der Waals surface area contributed by atoms with Crippen LogP contribution in [0.15, 0.2) is 24.3 Å². The first-order chi connectivity index (χ1) is 9.63. The highest BCUT2D eigenvalue weighted by Gasteiger charge is 2.47. The zero-order valence-electron chi connectivity index (χ0n) is 12.9. The van der Waals surface area contributed by atoms with Crippen molar-refractivity contribution in [1.29, 1.82) is 0 Å². The molecule has 3 atom stereocenters. The van der Waals surface area contributed by atoms with Crippen LogP contribution < -0.4 is 10.1 Å². The Hall–Kier alpha value is -1.06. The number of benzene rings is 1. The maximum absolute atomic E-state index is 6.45. The van der Waals surface area contributed by atoms with E-state index >= 15 is 0 Å². The van der Waals surface area contributed by atoms with Crippen LogP contribution in [0.1, 0.15) is 44.7 Å². The maximum Gasteiger partial charge on any atom is 0.125 e. The van der Waals surface area contributed by atoms with Gasteiger partial charge in [0.25, 0.3) is 0 Å². The lowest BCUT2D eigenvalue weighted by atomic mass is 9.85. The van der Waals surface area contributed by atoms with Gasteiger partial charge < -0.3 is 10.1 Å². The van der Waals surface area contributed by atoms with E-state index in [0.717, 1.165) is 31.7 Å². The number of rotatable bonds is 3. The molecule has 0 aromatic heterocycles. The molecule has 3 nitrogen and oxygen atoms in total. The Labute approximate surface area is 122 Å². The van der Waals surface area contributed by atoms with Crippen LogP contribution in [0.2, 0.25) is 0 Å². The minimum Gasteiger partial charge on any atom is -0.485 e. The number of nitrogens with zero attached hydrogens (tertiary/aromatic N) is 1. The molecule has 1 fully saturated rings. The molecule has 0 radical (unpaired) electrons. The molecule has 1 N–H and O–H groups in total. The van der Waals surface area contributed by atoms with Crippen LogP contribution in [-0.2, 0) is 0 Å². The van der Waals surface area contributed by atoms with Gasteiger partial charge in [-0.15, -0.1) is 0 Å². The van der Waals surface area contributed by atoms with E-state index in [9.17, 15) is 0 Å². The number of hydrogen-bond acceptors (Lipinski definition) is 3. The fourth-order valence-corrected chi connectivity index (χ4v) is 3.71. The Morgan fingerprint density at radius 2 is 2.15 bits per heavy atom. The fraction of sp³-hybridized carbons (Fsp3) is 0.647. The first-order valence-corrected chi connectivity index (χ1v) is 7.85. The molecular weight excluding hydrogens is 248 g/mol. The van der Waals surface area contributed by atoms with Gasteiger partial charge in [0.1, 0.15) is 11.4 Å². The number of nitrogens with one attached hydrogen (secondary N) is 1.